The van der Waals surface area contributed by atoms with E-state index in [0.29, 0.717) is 13.1 Å². The lowest BCUT2D eigenvalue weighted by Crippen LogP contribution is -2.30. The minimum absolute atomic E-state index is 0.0309. The predicted octanol–water partition coefficient (Wildman–Crippen LogP) is 3.86. The van der Waals surface area contributed by atoms with Gasteiger partial charge in [-0.25, -0.2) is 12.8 Å². The second-order valence-electron chi connectivity index (χ2n) is 4.09. The second-order valence-corrected chi connectivity index (χ2v) is 7.91. The average molecular weight is 378 g/mol. The van der Waals surface area contributed by atoms with Crippen molar-refractivity contribution in [1.82, 2.24) is 4.31 Å². The quantitative estimate of drug-likeness (QED) is 0.793. The predicted molar refractivity (Wildman–Crippen MR) is 81.7 cm³/mol. The molecule has 0 saturated carbocycles. The Morgan fingerprint density at radius 2 is 2.10 bits per heavy atom. The summed E-state index contributed by atoms with van der Waals surface area (Å²) >= 11 is 4.51. The van der Waals surface area contributed by atoms with Gasteiger partial charge in [0.1, 0.15) is 5.82 Å². The fourth-order valence-corrected chi connectivity index (χ4v) is 4.22. The highest BCUT2D eigenvalue weighted by molar-refractivity contribution is 9.10. The molecule has 0 saturated heterocycles. The van der Waals surface area contributed by atoms with Crippen molar-refractivity contribution in [3.05, 3.63) is 50.9 Å². The van der Waals surface area contributed by atoms with Gasteiger partial charge in [0.05, 0.1) is 9.37 Å². The summed E-state index contributed by atoms with van der Waals surface area (Å²) < 4.78 is 40.1. The zero-order valence-corrected chi connectivity index (χ0v) is 13.9. The topological polar surface area (TPSA) is 37.4 Å². The van der Waals surface area contributed by atoms with Crippen molar-refractivity contribution in [1.29, 1.82) is 0 Å². The average Bonchev–Trinajstić information content (AvgIpc) is 2.91. The van der Waals surface area contributed by atoms with Gasteiger partial charge in [-0.3, -0.25) is 0 Å². The van der Waals surface area contributed by atoms with Crippen molar-refractivity contribution >= 4 is 37.3 Å². The van der Waals surface area contributed by atoms with E-state index in [1.165, 1.54) is 27.8 Å². The first-order valence-electron chi connectivity index (χ1n) is 5.92. The zero-order chi connectivity index (χ0) is 14.8. The first-order chi connectivity index (χ1) is 9.45. The van der Waals surface area contributed by atoms with Crippen LogP contribution in [-0.2, 0) is 16.6 Å². The molecular formula is C13H13BrFNO2S2. The molecule has 0 aliphatic rings. The number of halogens is 2. The van der Waals surface area contributed by atoms with E-state index in [2.05, 4.69) is 15.9 Å². The van der Waals surface area contributed by atoms with Crippen LogP contribution in [0.1, 0.15) is 11.8 Å². The molecule has 0 atom stereocenters. The van der Waals surface area contributed by atoms with Gasteiger partial charge in [0.2, 0.25) is 10.0 Å². The lowest BCUT2D eigenvalue weighted by Gasteiger charge is -2.20. The molecule has 20 heavy (non-hydrogen) atoms. The monoisotopic (exact) mass is 377 g/mol. The van der Waals surface area contributed by atoms with Gasteiger partial charge in [0, 0.05) is 18.0 Å². The molecule has 0 radical (unpaired) electrons. The fraction of sp³-hybridized carbons (Fsp3) is 0.231. The highest BCUT2D eigenvalue weighted by Gasteiger charge is 2.24. The molecule has 1 aromatic heterocycles. The molecule has 3 nitrogen and oxygen atoms in total. The van der Waals surface area contributed by atoms with Crippen LogP contribution in [0.4, 0.5) is 4.39 Å². The number of benzene rings is 1. The Morgan fingerprint density at radius 3 is 2.65 bits per heavy atom. The van der Waals surface area contributed by atoms with Crippen molar-refractivity contribution in [3.63, 3.8) is 0 Å². The zero-order valence-electron chi connectivity index (χ0n) is 10.7. The van der Waals surface area contributed by atoms with Gasteiger partial charge >= 0.3 is 0 Å². The molecule has 0 N–H and O–H groups in total. The minimum atomic E-state index is -3.69. The van der Waals surface area contributed by atoms with E-state index in [1.807, 2.05) is 17.5 Å². The molecule has 7 heteroatoms. The van der Waals surface area contributed by atoms with Crippen molar-refractivity contribution in [2.75, 3.05) is 6.54 Å². The Labute approximate surface area is 130 Å². The van der Waals surface area contributed by atoms with Crippen LogP contribution in [0, 0.1) is 5.82 Å². The Hall–Kier alpha value is -0.760. The third-order valence-electron chi connectivity index (χ3n) is 2.79. The van der Waals surface area contributed by atoms with Crippen molar-refractivity contribution < 1.29 is 12.8 Å². The van der Waals surface area contributed by atoms with E-state index in [1.54, 1.807) is 6.92 Å². The Morgan fingerprint density at radius 1 is 1.35 bits per heavy atom. The summed E-state index contributed by atoms with van der Waals surface area (Å²) in [5.74, 6) is -0.585. The van der Waals surface area contributed by atoms with Crippen molar-refractivity contribution in [2.24, 2.45) is 0 Å². The molecule has 2 rings (SSSR count). The minimum Gasteiger partial charge on any atom is -0.207 e. The van der Waals surface area contributed by atoms with Crippen LogP contribution >= 0.6 is 27.3 Å². The second kappa shape index (κ2) is 6.34. The Balaban J connectivity index is 2.33. The smallest absolute Gasteiger partial charge is 0.207 e. The van der Waals surface area contributed by atoms with Gasteiger partial charge in [0.25, 0.3) is 0 Å². The largest absolute Gasteiger partial charge is 0.243 e. The Bertz CT molecular complexity index is 686. The van der Waals surface area contributed by atoms with Crippen LogP contribution in [-0.4, -0.2) is 19.3 Å². The number of rotatable bonds is 5. The SMILES string of the molecule is CCN(Cc1cccs1)S(=O)(=O)c1ccc(Br)c(F)c1. The summed E-state index contributed by atoms with van der Waals surface area (Å²) in [4.78, 5) is 0.921. The number of sulfonamides is 1. The van der Waals surface area contributed by atoms with Crippen molar-refractivity contribution in [2.45, 2.75) is 18.4 Å². The summed E-state index contributed by atoms with van der Waals surface area (Å²) in [6.07, 6.45) is 0. The third kappa shape index (κ3) is 3.28. The van der Waals surface area contributed by atoms with E-state index in [-0.39, 0.29) is 9.37 Å². The normalized spacial score (nSPS) is 12.0. The molecule has 0 bridgehead atoms. The van der Waals surface area contributed by atoms with E-state index < -0.39 is 15.8 Å². The van der Waals surface area contributed by atoms with Gasteiger partial charge < -0.3 is 0 Å². The lowest BCUT2D eigenvalue weighted by atomic mass is 10.3. The molecule has 108 valence electrons. The molecular weight excluding hydrogens is 365 g/mol. The third-order valence-corrected chi connectivity index (χ3v) is 6.21. The number of hydrogen-bond acceptors (Lipinski definition) is 3. The molecule has 0 amide bonds. The highest BCUT2D eigenvalue weighted by Crippen LogP contribution is 2.24. The maximum Gasteiger partial charge on any atom is 0.243 e. The van der Waals surface area contributed by atoms with E-state index in [4.69, 9.17) is 0 Å². The maximum absolute atomic E-state index is 13.5. The summed E-state index contributed by atoms with van der Waals surface area (Å²) in [6.45, 7) is 2.40. The Kier molecular flexibility index (Phi) is 4.95. The van der Waals surface area contributed by atoms with Crippen LogP contribution in [0.15, 0.2) is 45.1 Å². The first kappa shape index (κ1) is 15.6. The van der Waals surface area contributed by atoms with Crippen molar-refractivity contribution in [3.8, 4) is 0 Å². The lowest BCUT2D eigenvalue weighted by molar-refractivity contribution is 0.426. The number of thiophene rings is 1. The van der Waals surface area contributed by atoms with Crippen LogP contribution in [0.25, 0.3) is 0 Å². The van der Waals surface area contributed by atoms with Gasteiger partial charge in [-0.05, 0) is 45.6 Å². The highest BCUT2D eigenvalue weighted by atomic mass is 79.9. The molecule has 0 aliphatic carbocycles. The summed E-state index contributed by atoms with van der Waals surface area (Å²) in [6, 6.07) is 7.60. The molecule has 0 spiro atoms. The molecule has 0 unspecified atom stereocenters. The van der Waals surface area contributed by atoms with Gasteiger partial charge in [-0.15, -0.1) is 11.3 Å². The molecule has 2 aromatic rings. The van der Waals surface area contributed by atoms with Gasteiger partial charge in [-0.1, -0.05) is 13.0 Å². The summed E-state index contributed by atoms with van der Waals surface area (Å²) in [5.41, 5.74) is 0. The maximum atomic E-state index is 13.5. The van der Waals surface area contributed by atoms with Gasteiger partial charge in [-0.2, -0.15) is 4.31 Å². The van der Waals surface area contributed by atoms with Crippen LogP contribution < -0.4 is 0 Å². The number of hydrogen-bond donors (Lipinski definition) is 0. The number of nitrogens with zero attached hydrogens (tertiary/aromatic N) is 1. The first-order valence-corrected chi connectivity index (χ1v) is 9.04. The van der Waals surface area contributed by atoms with E-state index >= 15 is 0 Å². The van der Waals surface area contributed by atoms with E-state index in [0.717, 1.165) is 10.9 Å². The standard InChI is InChI=1S/C13H13BrFNO2S2/c1-2-16(9-10-4-3-7-19-10)20(17,18)11-5-6-12(14)13(15)8-11/h3-8H,2,9H2,1H3. The van der Waals surface area contributed by atoms with E-state index in [9.17, 15) is 12.8 Å². The summed E-state index contributed by atoms with van der Waals surface area (Å²) in [7, 11) is -3.69. The molecule has 0 aliphatic heterocycles. The fourth-order valence-electron chi connectivity index (χ4n) is 1.73. The van der Waals surface area contributed by atoms with Crippen LogP contribution in [0.5, 0.6) is 0 Å². The van der Waals surface area contributed by atoms with Gasteiger partial charge in [0.15, 0.2) is 0 Å². The molecule has 1 heterocycles. The molecule has 0 fully saturated rings. The molecule has 1 aromatic carbocycles. The summed E-state index contributed by atoms with van der Waals surface area (Å²) in [5, 5.41) is 1.90. The van der Waals surface area contributed by atoms with Crippen LogP contribution in [0.2, 0.25) is 0 Å². The van der Waals surface area contributed by atoms with Crippen LogP contribution in [0.3, 0.4) is 0 Å².